The van der Waals surface area contributed by atoms with Gasteiger partial charge in [-0.3, -0.25) is 0 Å². The van der Waals surface area contributed by atoms with Crippen LogP contribution in [0.25, 0.3) is 0 Å². The van der Waals surface area contributed by atoms with Gasteiger partial charge in [-0.1, -0.05) is 24.3 Å². The lowest BCUT2D eigenvalue weighted by atomic mass is 10.2. The number of nitrogens with zero attached hydrogens (tertiary/aromatic N) is 1. The summed E-state index contributed by atoms with van der Waals surface area (Å²) in [4.78, 5) is 5.10. The molecule has 1 unspecified atom stereocenters. The lowest BCUT2D eigenvalue weighted by Gasteiger charge is -2.12. The van der Waals surface area contributed by atoms with Gasteiger partial charge in [0.1, 0.15) is 5.82 Å². The molecule has 2 rings (SSSR count). The van der Waals surface area contributed by atoms with Crippen LogP contribution in [0.1, 0.15) is 11.7 Å². The van der Waals surface area contributed by atoms with Gasteiger partial charge in [-0.05, 0) is 18.2 Å². The van der Waals surface area contributed by atoms with E-state index in [9.17, 15) is 5.11 Å². The van der Waals surface area contributed by atoms with E-state index in [1.54, 1.807) is 30.1 Å². The van der Waals surface area contributed by atoms with Gasteiger partial charge in [0.05, 0.1) is 6.10 Å². The number of aliphatic hydroxyl groups is 1. The maximum absolute atomic E-state index is 10.0. The Kier molecular flexibility index (Phi) is 4.01. The van der Waals surface area contributed by atoms with Crippen LogP contribution >= 0.6 is 11.8 Å². The molecule has 1 heterocycles. The van der Waals surface area contributed by atoms with Crippen molar-refractivity contribution in [3.05, 3.63) is 54.2 Å². The van der Waals surface area contributed by atoms with Crippen molar-refractivity contribution in [3.63, 3.8) is 0 Å². The smallest absolute Gasteiger partial charge is 0.129 e. The molecule has 2 aromatic rings. The molecule has 0 bridgehead atoms. The third-order valence-electron chi connectivity index (χ3n) is 2.38. The Bertz CT molecular complexity index is 476. The average molecular weight is 246 g/mol. The summed E-state index contributed by atoms with van der Waals surface area (Å²) in [6, 6.07) is 13.6. The van der Waals surface area contributed by atoms with E-state index in [2.05, 4.69) is 4.98 Å². The molecule has 0 aliphatic heterocycles. The number of benzene rings is 1. The van der Waals surface area contributed by atoms with E-state index < -0.39 is 6.10 Å². The zero-order chi connectivity index (χ0) is 12.1. The van der Waals surface area contributed by atoms with Gasteiger partial charge in [0.15, 0.2) is 0 Å². The predicted molar refractivity (Wildman–Crippen MR) is 70.8 cm³/mol. The monoisotopic (exact) mass is 246 g/mol. The number of anilines is 1. The van der Waals surface area contributed by atoms with Crippen molar-refractivity contribution in [2.45, 2.75) is 11.0 Å². The fraction of sp³-hybridized carbons (Fsp3) is 0.154. The Hall–Kier alpha value is -1.52. The van der Waals surface area contributed by atoms with Crippen LogP contribution in [-0.4, -0.2) is 15.8 Å². The average Bonchev–Trinajstić information content (AvgIpc) is 2.38. The Balaban J connectivity index is 1.99. The number of aliphatic hydroxyl groups excluding tert-OH is 1. The first kappa shape index (κ1) is 12.0. The van der Waals surface area contributed by atoms with Crippen LogP contribution in [0.2, 0.25) is 0 Å². The van der Waals surface area contributed by atoms with Gasteiger partial charge in [0.2, 0.25) is 0 Å². The highest BCUT2D eigenvalue weighted by Crippen LogP contribution is 2.26. The first-order valence-electron chi connectivity index (χ1n) is 5.33. The molecule has 88 valence electrons. The van der Waals surface area contributed by atoms with E-state index in [0.717, 1.165) is 4.90 Å². The van der Waals surface area contributed by atoms with Crippen LogP contribution in [0.3, 0.4) is 0 Å². The molecule has 0 saturated carbocycles. The number of thioether (sulfide) groups is 1. The summed E-state index contributed by atoms with van der Waals surface area (Å²) in [6.45, 7) is 0. The van der Waals surface area contributed by atoms with Crippen LogP contribution in [0.4, 0.5) is 5.82 Å². The number of aromatic nitrogens is 1. The number of nitrogen functional groups attached to an aromatic ring is 1. The summed E-state index contributed by atoms with van der Waals surface area (Å²) >= 11 is 1.60. The third kappa shape index (κ3) is 3.22. The summed E-state index contributed by atoms with van der Waals surface area (Å²) in [5, 5.41) is 10.0. The molecular formula is C13H14N2OS. The molecular weight excluding hydrogens is 232 g/mol. The highest BCUT2D eigenvalue weighted by Gasteiger charge is 2.11. The molecule has 0 spiro atoms. The molecule has 0 amide bonds. The lowest BCUT2D eigenvalue weighted by molar-refractivity contribution is 0.204. The third-order valence-corrected chi connectivity index (χ3v) is 3.47. The van der Waals surface area contributed by atoms with Crippen LogP contribution in [0.15, 0.2) is 53.6 Å². The largest absolute Gasteiger partial charge is 0.387 e. The Morgan fingerprint density at radius 2 is 1.94 bits per heavy atom. The summed E-state index contributed by atoms with van der Waals surface area (Å²) in [5.41, 5.74) is 6.40. The molecule has 1 atom stereocenters. The number of rotatable bonds is 4. The Morgan fingerprint density at radius 3 is 2.65 bits per heavy atom. The fourth-order valence-electron chi connectivity index (χ4n) is 1.49. The number of nitrogens with two attached hydrogens (primary N) is 1. The molecule has 0 fully saturated rings. The standard InChI is InChI=1S/C13H14N2OS/c14-13-11(7-4-8-15-13)12(16)9-17-10-5-2-1-3-6-10/h1-8,12,16H,9H2,(H2,14,15). The molecule has 0 aliphatic carbocycles. The number of hydrogen-bond acceptors (Lipinski definition) is 4. The summed E-state index contributed by atoms with van der Waals surface area (Å²) in [5.74, 6) is 0.966. The fourth-order valence-corrected chi connectivity index (χ4v) is 2.37. The maximum atomic E-state index is 10.0. The van der Waals surface area contributed by atoms with Gasteiger partial charge in [0.25, 0.3) is 0 Å². The normalized spacial score (nSPS) is 12.3. The van der Waals surface area contributed by atoms with Crippen molar-refractivity contribution in [2.75, 3.05) is 11.5 Å². The summed E-state index contributed by atoms with van der Waals surface area (Å²) in [6.07, 6.45) is 1.03. The van der Waals surface area contributed by atoms with E-state index in [1.807, 2.05) is 30.3 Å². The molecule has 17 heavy (non-hydrogen) atoms. The van der Waals surface area contributed by atoms with Gasteiger partial charge in [0, 0.05) is 22.4 Å². The topological polar surface area (TPSA) is 59.1 Å². The summed E-state index contributed by atoms with van der Waals surface area (Å²) < 4.78 is 0. The highest BCUT2D eigenvalue weighted by molar-refractivity contribution is 7.99. The number of pyridine rings is 1. The zero-order valence-corrected chi connectivity index (χ0v) is 10.1. The van der Waals surface area contributed by atoms with Gasteiger partial charge in [-0.2, -0.15) is 0 Å². The van der Waals surface area contributed by atoms with E-state index in [1.165, 1.54) is 0 Å². The second-order valence-electron chi connectivity index (χ2n) is 3.62. The Morgan fingerprint density at radius 1 is 1.18 bits per heavy atom. The van der Waals surface area contributed by atoms with Crippen molar-refractivity contribution in [1.29, 1.82) is 0 Å². The van der Waals surface area contributed by atoms with Crippen molar-refractivity contribution in [1.82, 2.24) is 4.98 Å². The highest BCUT2D eigenvalue weighted by atomic mass is 32.2. The number of hydrogen-bond donors (Lipinski definition) is 2. The molecule has 4 heteroatoms. The maximum Gasteiger partial charge on any atom is 0.129 e. The van der Waals surface area contributed by atoms with Gasteiger partial charge in [-0.25, -0.2) is 4.98 Å². The quantitative estimate of drug-likeness (QED) is 0.814. The van der Waals surface area contributed by atoms with Gasteiger partial charge < -0.3 is 10.8 Å². The predicted octanol–water partition coefficient (Wildman–Crippen LogP) is 2.49. The second-order valence-corrected chi connectivity index (χ2v) is 4.71. The van der Waals surface area contributed by atoms with Crippen LogP contribution < -0.4 is 5.73 Å². The summed E-state index contributed by atoms with van der Waals surface area (Å²) in [7, 11) is 0. The molecule has 0 aliphatic rings. The molecule has 0 saturated heterocycles. The first-order valence-corrected chi connectivity index (χ1v) is 6.32. The molecule has 3 nitrogen and oxygen atoms in total. The van der Waals surface area contributed by atoms with Crippen molar-refractivity contribution in [3.8, 4) is 0 Å². The van der Waals surface area contributed by atoms with Crippen LogP contribution in [0.5, 0.6) is 0 Å². The van der Waals surface area contributed by atoms with E-state index in [4.69, 9.17) is 5.73 Å². The van der Waals surface area contributed by atoms with Gasteiger partial charge >= 0.3 is 0 Å². The minimum absolute atomic E-state index is 0.397. The minimum atomic E-state index is -0.589. The van der Waals surface area contributed by atoms with Crippen molar-refractivity contribution < 1.29 is 5.11 Å². The Labute approximate surface area is 105 Å². The minimum Gasteiger partial charge on any atom is -0.387 e. The van der Waals surface area contributed by atoms with Crippen molar-refractivity contribution in [2.24, 2.45) is 0 Å². The van der Waals surface area contributed by atoms with Gasteiger partial charge in [-0.15, -0.1) is 11.8 Å². The van der Waals surface area contributed by atoms with Crippen LogP contribution in [0, 0.1) is 0 Å². The molecule has 1 aromatic heterocycles. The first-order chi connectivity index (χ1) is 8.27. The van der Waals surface area contributed by atoms with E-state index in [-0.39, 0.29) is 0 Å². The molecule has 0 radical (unpaired) electrons. The molecule has 1 aromatic carbocycles. The van der Waals surface area contributed by atoms with Crippen molar-refractivity contribution >= 4 is 17.6 Å². The lowest BCUT2D eigenvalue weighted by Crippen LogP contribution is -2.05. The van der Waals surface area contributed by atoms with Crippen LogP contribution in [-0.2, 0) is 0 Å². The molecule has 3 N–H and O–H groups in total. The van der Waals surface area contributed by atoms with E-state index >= 15 is 0 Å². The SMILES string of the molecule is Nc1ncccc1C(O)CSc1ccccc1. The second kappa shape index (κ2) is 5.70. The van der Waals surface area contributed by atoms with E-state index in [0.29, 0.717) is 17.1 Å². The zero-order valence-electron chi connectivity index (χ0n) is 9.28.